The first-order valence-electron chi connectivity index (χ1n) is 6.52. The summed E-state index contributed by atoms with van der Waals surface area (Å²) in [6.07, 6.45) is 4.99. The number of aliphatic hydroxyl groups is 1. The van der Waals surface area contributed by atoms with E-state index in [1.807, 2.05) is 6.92 Å². The average molecular weight is 228 g/mol. The Kier molecular flexibility index (Phi) is 5.22. The summed E-state index contributed by atoms with van der Waals surface area (Å²) < 4.78 is 0. The van der Waals surface area contributed by atoms with Crippen molar-refractivity contribution in [1.29, 1.82) is 0 Å². The van der Waals surface area contributed by atoms with Crippen LogP contribution in [0.2, 0.25) is 0 Å². The van der Waals surface area contributed by atoms with Gasteiger partial charge in [0, 0.05) is 18.6 Å². The summed E-state index contributed by atoms with van der Waals surface area (Å²) in [6, 6.07) is 0. The zero-order chi connectivity index (χ0) is 12.2. The van der Waals surface area contributed by atoms with Crippen LogP contribution in [0.5, 0.6) is 0 Å². The third kappa shape index (κ3) is 3.72. The molecule has 0 spiro atoms. The van der Waals surface area contributed by atoms with Crippen LogP contribution in [0.4, 0.5) is 0 Å². The van der Waals surface area contributed by atoms with Gasteiger partial charge >= 0.3 is 0 Å². The Morgan fingerprint density at radius 2 is 2.19 bits per heavy atom. The highest BCUT2D eigenvalue weighted by Crippen LogP contribution is 2.35. The number of rotatable bonds is 5. The summed E-state index contributed by atoms with van der Waals surface area (Å²) in [5.41, 5.74) is 0.298. The van der Waals surface area contributed by atoms with Gasteiger partial charge in [0.15, 0.2) is 0 Å². The fourth-order valence-corrected chi connectivity index (χ4v) is 2.87. The van der Waals surface area contributed by atoms with Crippen LogP contribution in [0.15, 0.2) is 0 Å². The highest BCUT2D eigenvalue weighted by atomic mass is 16.3. The average Bonchev–Trinajstić information content (AvgIpc) is 2.16. The normalized spacial score (nSPS) is 33.0. The number of hydrogen-bond donors (Lipinski definition) is 2. The van der Waals surface area contributed by atoms with Crippen LogP contribution in [0.25, 0.3) is 0 Å². The molecule has 1 rings (SSSR count). The lowest BCUT2D eigenvalue weighted by atomic mass is 9.75. The van der Waals surface area contributed by atoms with Crippen LogP contribution in [-0.2, 0) is 0 Å². The first kappa shape index (κ1) is 13.9. The van der Waals surface area contributed by atoms with Crippen molar-refractivity contribution >= 4 is 0 Å². The molecule has 1 fully saturated rings. The molecule has 3 nitrogen and oxygen atoms in total. The summed E-state index contributed by atoms with van der Waals surface area (Å²) >= 11 is 0. The zero-order valence-electron chi connectivity index (χ0n) is 11.3. The molecule has 3 heteroatoms. The minimum absolute atomic E-state index is 0.250. The quantitative estimate of drug-likeness (QED) is 0.748. The van der Waals surface area contributed by atoms with Gasteiger partial charge in [0.25, 0.3) is 0 Å². The maximum Gasteiger partial charge on any atom is 0.0636 e. The standard InChI is InChI=1S/C13H28N2O/c1-11-6-5-7-13(8-11,15(3)4)10-14-9-12(2)16/h11-12,14,16H,5-10H2,1-4H3/t11?,12-,13?/m0/s1. The van der Waals surface area contributed by atoms with Gasteiger partial charge in [-0.1, -0.05) is 19.8 Å². The summed E-state index contributed by atoms with van der Waals surface area (Å²) in [4.78, 5) is 2.37. The SMILES string of the molecule is CC1CCCC(CNC[C@H](C)O)(N(C)C)C1. The molecule has 16 heavy (non-hydrogen) atoms. The van der Waals surface area contributed by atoms with E-state index < -0.39 is 0 Å². The molecule has 1 saturated carbocycles. The Morgan fingerprint density at radius 1 is 1.50 bits per heavy atom. The van der Waals surface area contributed by atoms with Gasteiger partial charge in [0.05, 0.1) is 6.10 Å². The van der Waals surface area contributed by atoms with E-state index in [4.69, 9.17) is 0 Å². The summed E-state index contributed by atoms with van der Waals surface area (Å²) in [7, 11) is 4.37. The topological polar surface area (TPSA) is 35.5 Å². The van der Waals surface area contributed by atoms with E-state index in [-0.39, 0.29) is 6.10 Å². The van der Waals surface area contributed by atoms with Crippen molar-refractivity contribution in [1.82, 2.24) is 10.2 Å². The molecule has 0 radical (unpaired) electrons. The Labute approximate surface area is 100 Å². The third-order valence-electron chi connectivity index (χ3n) is 3.91. The molecular weight excluding hydrogens is 200 g/mol. The Hall–Kier alpha value is -0.120. The van der Waals surface area contributed by atoms with E-state index in [1.54, 1.807) is 0 Å². The number of aliphatic hydroxyl groups excluding tert-OH is 1. The first-order valence-corrected chi connectivity index (χ1v) is 6.52. The van der Waals surface area contributed by atoms with Crippen molar-refractivity contribution in [3.8, 4) is 0 Å². The van der Waals surface area contributed by atoms with Crippen molar-refractivity contribution < 1.29 is 5.11 Å². The fraction of sp³-hybridized carbons (Fsp3) is 1.00. The van der Waals surface area contributed by atoms with Crippen LogP contribution in [-0.4, -0.2) is 48.8 Å². The van der Waals surface area contributed by atoms with Gasteiger partial charge in [0.2, 0.25) is 0 Å². The minimum atomic E-state index is -0.250. The molecule has 96 valence electrons. The molecule has 3 atom stereocenters. The van der Waals surface area contributed by atoms with E-state index in [9.17, 15) is 5.11 Å². The van der Waals surface area contributed by atoms with E-state index in [1.165, 1.54) is 25.7 Å². The Bertz CT molecular complexity index is 206. The van der Waals surface area contributed by atoms with E-state index in [2.05, 4.69) is 31.2 Å². The van der Waals surface area contributed by atoms with Crippen LogP contribution < -0.4 is 5.32 Å². The first-order chi connectivity index (χ1) is 7.46. The molecule has 1 aliphatic carbocycles. The highest BCUT2D eigenvalue weighted by Gasteiger charge is 2.36. The van der Waals surface area contributed by atoms with Crippen LogP contribution in [0, 0.1) is 5.92 Å². The van der Waals surface area contributed by atoms with Gasteiger partial charge in [-0.25, -0.2) is 0 Å². The monoisotopic (exact) mass is 228 g/mol. The summed E-state index contributed by atoms with van der Waals surface area (Å²) in [5.74, 6) is 0.824. The fourth-order valence-electron chi connectivity index (χ4n) is 2.87. The maximum absolute atomic E-state index is 9.28. The molecule has 0 aromatic rings. The van der Waals surface area contributed by atoms with E-state index >= 15 is 0 Å². The van der Waals surface area contributed by atoms with Gasteiger partial charge in [-0.2, -0.15) is 0 Å². The highest BCUT2D eigenvalue weighted by molar-refractivity contribution is 4.94. The molecule has 0 saturated heterocycles. The van der Waals surface area contributed by atoms with Gasteiger partial charge < -0.3 is 15.3 Å². The molecule has 0 heterocycles. The third-order valence-corrected chi connectivity index (χ3v) is 3.91. The molecule has 0 amide bonds. The number of hydrogen-bond acceptors (Lipinski definition) is 3. The molecule has 2 unspecified atom stereocenters. The lowest BCUT2D eigenvalue weighted by Crippen LogP contribution is -2.54. The second-order valence-electron chi connectivity index (χ2n) is 5.80. The van der Waals surface area contributed by atoms with Gasteiger partial charge in [-0.15, -0.1) is 0 Å². The van der Waals surface area contributed by atoms with Gasteiger partial charge in [-0.05, 0) is 39.8 Å². The molecule has 0 bridgehead atoms. The zero-order valence-corrected chi connectivity index (χ0v) is 11.3. The molecule has 1 aliphatic rings. The van der Waals surface area contributed by atoms with Crippen molar-refractivity contribution in [2.75, 3.05) is 27.2 Å². The molecule has 2 N–H and O–H groups in total. The van der Waals surface area contributed by atoms with E-state index in [0.29, 0.717) is 12.1 Å². The molecule has 0 aromatic carbocycles. The summed E-state index contributed by atoms with van der Waals surface area (Å²) in [5, 5.41) is 12.7. The molecular formula is C13H28N2O. The second-order valence-corrected chi connectivity index (χ2v) is 5.80. The van der Waals surface area contributed by atoms with Crippen molar-refractivity contribution in [2.24, 2.45) is 5.92 Å². The Morgan fingerprint density at radius 3 is 2.69 bits per heavy atom. The van der Waals surface area contributed by atoms with Crippen molar-refractivity contribution in [3.63, 3.8) is 0 Å². The number of nitrogens with zero attached hydrogens (tertiary/aromatic N) is 1. The smallest absolute Gasteiger partial charge is 0.0636 e. The van der Waals surface area contributed by atoms with Crippen LogP contribution in [0.1, 0.15) is 39.5 Å². The predicted molar refractivity (Wildman–Crippen MR) is 68.6 cm³/mol. The largest absolute Gasteiger partial charge is 0.392 e. The van der Waals surface area contributed by atoms with E-state index in [0.717, 1.165) is 12.5 Å². The Balaban J connectivity index is 2.51. The maximum atomic E-state index is 9.28. The summed E-state index contributed by atoms with van der Waals surface area (Å²) in [6.45, 7) is 5.88. The molecule has 0 aromatic heterocycles. The van der Waals surface area contributed by atoms with Crippen molar-refractivity contribution in [2.45, 2.75) is 51.2 Å². The second kappa shape index (κ2) is 5.99. The lowest BCUT2D eigenvalue weighted by Gasteiger charge is -2.45. The van der Waals surface area contributed by atoms with Crippen LogP contribution in [0.3, 0.4) is 0 Å². The lowest BCUT2D eigenvalue weighted by molar-refractivity contribution is 0.0712. The molecule has 0 aliphatic heterocycles. The van der Waals surface area contributed by atoms with Crippen LogP contribution >= 0.6 is 0 Å². The van der Waals surface area contributed by atoms with Gasteiger partial charge in [0.1, 0.15) is 0 Å². The predicted octanol–water partition coefficient (Wildman–Crippen LogP) is 1.47. The van der Waals surface area contributed by atoms with Crippen molar-refractivity contribution in [3.05, 3.63) is 0 Å². The minimum Gasteiger partial charge on any atom is -0.392 e. The number of nitrogens with one attached hydrogen (secondary N) is 1. The van der Waals surface area contributed by atoms with Gasteiger partial charge in [-0.3, -0.25) is 0 Å². The number of likely N-dealkylation sites (N-methyl/N-ethyl adjacent to an activating group) is 1.